The lowest BCUT2D eigenvalue weighted by Crippen LogP contribution is -2.37. The van der Waals surface area contributed by atoms with Gasteiger partial charge in [-0.2, -0.15) is 0 Å². The quantitative estimate of drug-likeness (QED) is 0.902. The summed E-state index contributed by atoms with van der Waals surface area (Å²) in [5, 5.41) is 3.55. The van der Waals surface area contributed by atoms with Gasteiger partial charge in [0.25, 0.3) is 0 Å². The highest BCUT2D eigenvalue weighted by Gasteiger charge is 2.34. The molecule has 1 aromatic carbocycles. The first kappa shape index (κ1) is 11.7. The van der Waals surface area contributed by atoms with E-state index in [1.54, 1.807) is 0 Å². The SMILES string of the molecule is Brc1cccc(CN2C3CCNCC2CC3)c1. The molecule has 0 radical (unpaired) electrons. The number of rotatable bonds is 2. The van der Waals surface area contributed by atoms with Crippen LogP contribution in [0.25, 0.3) is 0 Å². The fourth-order valence-corrected chi connectivity index (χ4v) is 3.63. The van der Waals surface area contributed by atoms with Gasteiger partial charge in [-0.05, 0) is 43.5 Å². The van der Waals surface area contributed by atoms with Crippen LogP contribution in [-0.2, 0) is 6.54 Å². The maximum absolute atomic E-state index is 3.56. The van der Waals surface area contributed by atoms with Gasteiger partial charge in [0.2, 0.25) is 0 Å². The molecule has 2 nitrogen and oxygen atoms in total. The zero-order chi connectivity index (χ0) is 11.7. The van der Waals surface area contributed by atoms with Crippen molar-refractivity contribution in [2.45, 2.75) is 37.9 Å². The fraction of sp³-hybridized carbons (Fsp3) is 0.571. The summed E-state index contributed by atoms with van der Waals surface area (Å²) in [7, 11) is 0. The van der Waals surface area contributed by atoms with Crippen LogP contribution in [0.4, 0.5) is 0 Å². The number of hydrogen-bond donors (Lipinski definition) is 1. The largest absolute Gasteiger partial charge is 0.315 e. The minimum Gasteiger partial charge on any atom is -0.315 e. The van der Waals surface area contributed by atoms with Gasteiger partial charge in [0, 0.05) is 29.6 Å². The molecule has 17 heavy (non-hydrogen) atoms. The molecule has 2 atom stereocenters. The van der Waals surface area contributed by atoms with E-state index in [4.69, 9.17) is 0 Å². The highest BCUT2D eigenvalue weighted by atomic mass is 79.9. The zero-order valence-corrected chi connectivity index (χ0v) is 11.6. The number of hydrogen-bond acceptors (Lipinski definition) is 2. The van der Waals surface area contributed by atoms with Crippen LogP contribution in [0.15, 0.2) is 28.7 Å². The Morgan fingerprint density at radius 2 is 2.12 bits per heavy atom. The molecule has 2 heterocycles. The van der Waals surface area contributed by atoms with Crippen molar-refractivity contribution >= 4 is 15.9 Å². The van der Waals surface area contributed by atoms with Gasteiger partial charge in [-0.25, -0.2) is 0 Å². The Labute approximate surface area is 112 Å². The number of nitrogens with zero attached hydrogens (tertiary/aromatic N) is 1. The second-order valence-corrected chi connectivity index (χ2v) is 6.10. The van der Waals surface area contributed by atoms with Crippen molar-refractivity contribution in [2.24, 2.45) is 0 Å². The first-order chi connectivity index (χ1) is 8.33. The standard InChI is InChI=1S/C14H19BrN2/c15-12-3-1-2-11(8-12)10-17-13-4-5-14(17)9-16-7-6-13/h1-3,8,13-14,16H,4-7,9-10H2. The molecule has 2 aliphatic rings. The molecular weight excluding hydrogens is 276 g/mol. The van der Waals surface area contributed by atoms with Crippen LogP contribution in [0.2, 0.25) is 0 Å². The molecule has 2 unspecified atom stereocenters. The fourth-order valence-electron chi connectivity index (χ4n) is 3.19. The third-order valence-electron chi connectivity index (χ3n) is 4.06. The van der Waals surface area contributed by atoms with Crippen LogP contribution >= 0.6 is 15.9 Å². The van der Waals surface area contributed by atoms with Crippen molar-refractivity contribution in [3.8, 4) is 0 Å². The van der Waals surface area contributed by atoms with E-state index in [1.165, 1.54) is 42.4 Å². The first-order valence-electron chi connectivity index (χ1n) is 6.54. The lowest BCUT2D eigenvalue weighted by molar-refractivity contribution is 0.193. The summed E-state index contributed by atoms with van der Waals surface area (Å²) >= 11 is 3.56. The van der Waals surface area contributed by atoms with Crippen LogP contribution in [0, 0.1) is 0 Å². The molecule has 0 aliphatic carbocycles. The Hall–Kier alpha value is -0.380. The van der Waals surface area contributed by atoms with Gasteiger partial charge in [0.05, 0.1) is 0 Å². The van der Waals surface area contributed by atoms with E-state index in [0.29, 0.717) is 0 Å². The molecule has 0 spiro atoms. The molecule has 2 bridgehead atoms. The van der Waals surface area contributed by atoms with Gasteiger partial charge < -0.3 is 5.32 Å². The van der Waals surface area contributed by atoms with Crippen LogP contribution in [0.3, 0.4) is 0 Å². The summed E-state index contributed by atoms with van der Waals surface area (Å²) < 4.78 is 1.19. The molecule has 3 heteroatoms. The van der Waals surface area contributed by atoms with Crippen molar-refractivity contribution in [3.05, 3.63) is 34.3 Å². The van der Waals surface area contributed by atoms with Crippen molar-refractivity contribution in [2.75, 3.05) is 13.1 Å². The topological polar surface area (TPSA) is 15.3 Å². The first-order valence-corrected chi connectivity index (χ1v) is 7.33. The average molecular weight is 295 g/mol. The lowest BCUT2D eigenvalue weighted by Gasteiger charge is -2.27. The van der Waals surface area contributed by atoms with Crippen LogP contribution in [0.5, 0.6) is 0 Å². The van der Waals surface area contributed by atoms with Gasteiger partial charge >= 0.3 is 0 Å². The van der Waals surface area contributed by atoms with Gasteiger partial charge in [-0.3, -0.25) is 4.90 Å². The molecule has 2 saturated heterocycles. The van der Waals surface area contributed by atoms with Crippen molar-refractivity contribution in [3.63, 3.8) is 0 Å². The van der Waals surface area contributed by atoms with Gasteiger partial charge in [0.15, 0.2) is 0 Å². The molecule has 3 rings (SSSR count). The third-order valence-corrected chi connectivity index (χ3v) is 4.55. The minimum absolute atomic E-state index is 0.751. The van der Waals surface area contributed by atoms with Crippen LogP contribution in [-0.4, -0.2) is 30.1 Å². The Morgan fingerprint density at radius 3 is 3.00 bits per heavy atom. The van der Waals surface area contributed by atoms with Gasteiger partial charge in [-0.1, -0.05) is 28.1 Å². The number of nitrogens with one attached hydrogen (secondary N) is 1. The molecule has 2 aliphatic heterocycles. The van der Waals surface area contributed by atoms with Crippen LogP contribution < -0.4 is 5.32 Å². The summed E-state index contributed by atoms with van der Waals surface area (Å²) in [5.41, 5.74) is 1.43. The van der Waals surface area contributed by atoms with E-state index in [0.717, 1.165) is 18.6 Å². The number of halogens is 1. The Morgan fingerprint density at radius 1 is 1.24 bits per heavy atom. The molecule has 2 fully saturated rings. The normalized spacial score (nSPS) is 29.2. The Bertz CT molecular complexity index is 380. The number of fused-ring (bicyclic) bond motifs is 2. The molecular formula is C14H19BrN2. The van der Waals surface area contributed by atoms with Gasteiger partial charge in [0.1, 0.15) is 0 Å². The maximum Gasteiger partial charge on any atom is 0.0240 e. The summed E-state index contributed by atoms with van der Waals surface area (Å²) in [6.07, 6.45) is 4.07. The van der Waals surface area contributed by atoms with E-state index in [1.807, 2.05) is 0 Å². The van der Waals surface area contributed by atoms with Crippen molar-refractivity contribution in [1.82, 2.24) is 10.2 Å². The Kier molecular flexibility index (Phi) is 3.50. The summed E-state index contributed by atoms with van der Waals surface area (Å²) in [6, 6.07) is 10.3. The molecule has 0 saturated carbocycles. The van der Waals surface area contributed by atoms with Gasteiger partial charge in [-0.15, -0.1) is 0 Å². The highest BCUT2D eigenvalue weighted by Crippen LogP contribution is 2.29. The summed E-state index contributed by atoms with van der Waals surface area (Å²) in [6.45, 7) is 3.47. The van der Waals surface area contributed by atoms with E-state index in [2.05, 4.69) is 50.4 Å². The van der Waals surface area contributed by atoms with E-state index in [-0.39, 0.29) is 0 Å². The molecule has 0 aromatic heterocycles. The molecule has 1 N–H and O–H groups in total. The van der Waals surface area contributed by atoms with E-state index >= 15 is 0 Å². The van der Waals surface area contributed by atoms with Crippen molar-refractivity contribution < 1.29 is 0 Å². The number of benzene rings is 1. The Balaban J connectivity index is 1.76. The lowest BCUT2D eigenvalue weighted by atomic mass is 10.1. The third kappa shape index (κ3) is 2.56. The minimum atomic E-state index is 0.751. The van der Waals surface area contributed by atoms with Crippen molar-refractivity contribution in [1.29, 1.82) is 0 Å². The summed E-state index contributed by atoms with van der Waals surface area (Å²) in [5.74, 6) is 0. The second kappa shape index (κ2) is 5.09. The van der Waals surface area contributed by atoms with E-state index in [9.17, 15) is 0 Å². The van der Waals surface area contributed by atoms with Crippen LogP contribution in [0.1, 0.15) is 24.8 Å². The second-order valence-electron chi connectivity index (χ2n) is 5.18. The highest BCUT2D eigenvalue weighted by molar-refractivity contribution is 9.10. The zero-order valence-electron chi connectivity index (χ0n) is 10.0. The smallest absolute Gasteiger partial charge is 0.0240 e. The molecule has 1 aromatic rings. The maximum atomic E-state index is 3.56. The van der Waals surface area contributed by atoms with E-state index < -0.39 is 0 Å². The molecule has 92 valence electrons. The predicted molar refractivity (Wildman–Crippen MR) is 74.0 cm³/mol. The predicted octanol–water partition coefficient (Wildman–Crippen LogP) is 2.78. The molecule has 0 amide bonds. The summed E-state index contributed by atoms with van der Waals surface area (Å²) in [4.78, 5) is 2.71. The monoisotopic (exact) mass is 294 g/mol. The average Bonchev–Trinajstić information content (AvgIpc) is 2.52.